The summed E-state index contributed by atoms with van der Waals surface area (Å²) in [5, 5.41) is 6.55. The van der Waals surface area contributed by atoms with E-state index < -0.39 is 0 Å². The van der Waals surface area contributed by atoms with Crippen LogP contribution in [0.3, 0.4) is 0 Å². The highest BCUT2D eigenvalue weighted by molar-refractivity contribution is 7.08. The van der Waals surface area contributed by atoms with Crippen molar-refractivity contribution in [2.45, 2.75) is 13.3 Å². The van der Waals surface area contributed by atoms with Crippen LogP contribution in [-0.4, -0.2) is 20.5 Å². The van der Waals surface area contributed by atoms with Crippen LogP contribution in [0.1, 0.15) is 22.3 Å². The molecule has 88 valence electrons. The number of hydrogen-bond donors (Lipinski definition) is 2. The number of hydrogen-bond acceptors (Lipinski definition) is 6. The second-order valence-electron chi connectivity index (χ2n) is 3.33. The second-order valence-corrected chi connectivity index (χ2v) is 4.09. The molecule has 0 atom stereocenters. The van der Waals surface area contributed by atoms with Gasteiger partial charge in [0.15, 0.2) is 0 Å². The van der Waals surface area contributed by atoms with Crippen LogP contribution >= 0.6 is 11.5 Å². The number of nitrogens with two attached hydrogens (primary N) is 1. The predicted octanol–water partition coefficient (Wildman–Crippen LogP) is 1.33. The lowest BCUT2D eigenvalue weighted by Gasteiger charge is -2.03. The van der Waals surface area contributed by atoms with Gasteiger partial charge in [-0.3, -0.25) is 4.79 Å². The summed E-state index contributed by atoms with van der Waals surface area (Å²) in [4.78, 5) is 16.4. The Bertz CT molecular complexity index is 522. The van der Waals surface area contributed by atoms with Gasteiger partial charge in [-0.05, 0) is 30.1 Å². The zero-order valence-electron chi connectivity index (χ0n) is 9.17. The lowest BCUT2D eigenvalue weighted by atomic mass is 10.3. The van der Waals surface area contributed by atoms with E-state index in [4.69, 9.17) is 5.73 Å². The Hall–Kier alpha value is -2.02. The number of carbonyl (C=O) groups is 1. The van der Waals surface area contributed by atoms with Crippen molar-refractivity contribution in [3.8, 4) is 0 Å². The minimum Gasteiger partial charge on any atom is -0.397 e. The van der Waals surface area contributed by atoms with Crippen LogP contribution in [0.5, 0.6) is 0 Å². The molecule has 2 aromatic rings. The smallest absolute Gasteiger partial charge is 0.270 e. The summed E-state index contributed by atoms with van der Waals surface area (Å²) in [6, 6.07) is 3.32. The molecule has 7 heteroatoms. The number of nitrogen functional groups attached to an aromatic ring is 1. The Morgan fingerprint density at radius 1 is 1.53 bits per heavy atom. The molecule has 0 spiro atoms. The van der Waals surface area contributed by atoms with Gasteiger partial charge >= 0.3 is 0 Å². The number of carbonyl (C=O) groups excluding carboxylic acids is 1. The van der Waals surface area contributed by atoms with Gasteiger partial charge in [0, 0.05) is 0 Å². The summed E-state index contributed by atoms with van der Waals surface area (Å²) in [7, 11) is 0. The molecule has 0 unspecified atom stereocenters. The lowest BCUT2D eigenvalue weighted by molar-refractivity contribution is 0.102. The number of nitrogens with zero attached hydrogens (tertiary/aromatic N) is 3. The summed E-state index contributed by atoms with van der Waals surface area (Å²) in [5.41, 5.74) is 6.75. The van der Waals surface area contributed by atoms with E-state index in [0.29, 0.717) is 28.5 Å². The first kappa shape index (κ1) is 11.5. The summed E-state index contributed by atoms with van der Waals surface area (Å²) in [6.45, 7) is 1.93. The molecule has 0 saturated heterocycles. The molecule has 6 nitrogen and oxygen atoms in total. The number of anilines is 2. The maximum atomic E-state index is 11.9. The van der Waals surface area contributed by atoms with E-state index in [2.05, 4.69) is 19.9 Å². The van der Waals surface area contributed by atoms with E-state index in [1.807, 2.05) is 6.92 Å². The average Bonchev–Trinajstić information content (AvgIpc) is 2.80. The third-order valence-corrected chi connectivity index (χ3v) is 2.89. The van der Waals surface area contributed by atoms with E-state index in [-0.39, 0.29) is 5.91 Å². The number of amides is 1. The fourth-order valence-corrected chi connectivity index (χ4v) is 1.91. The van der Waals surface area contributed by atoms with Gasteiger partial charge in [0.05, 0.1) is 17.6 Å². The monoisotopic (exact) mass is 249 g/mol. The lowest BCUT2D eigenvalue weighted by Crippen LogP contribution is -2.13. The molecule has 0 aliphatic heterocycles. The molecular weight excluding hydrogens is 238 g/mol. The minimum absolute atomic E-state index is 0.242. The zero-order valence-corrected chi connectivity index (χ0v) is 9.99. The molecule has 0 radical (unpaired) electrons. The Balaban J connectivity index is 2.14. The van der Waals surface area contributed by atoms with Gasteiger partial charge in [0.25, 0.3) is 5.91 Å². The highest BCUT2D eigenvalue weighted by Gasteiger charge is 2.15. The third-order valence-electron chi connectivity index (χ3n) is 2.12. The Labute approximate surface area is 102 Å². The molecule has 2 heterocycles. The maximum Gasteiger partial charge on any atom is 0.270 e. The molecule has 3 N–H and O–H groups in total. The largest absolute Gasteiger partial charge is 0.397 e. The second kappa shape index (κ2) is 4.88. The first-order valence-electron chi connectivity index (χ1n) is 5.04. The maximum absolute atomic E-state index is 11.9. The van der Waals surface area contributed by atoms with E-state index >= 15 is 0 Å². The van der Waals surface area contributed by atoms with E-state index in [1.165, 1.54) is 6.20 Å². The molecule has 0 saturated carbocycles. The van der Waals surface area contributed by atoms with Gasteiger partial charge in [-0.2, -0.15) is 0 Å². The van der Waals surface area contributed by atoms with Crippen LogP contribution in [-0.2, 0) is 6.42 Å². The summed E-state index contributed by atoms with van der Waals surface area (Å²) in [6.07, 6.45) is 2.16. The SMILES string of the molecule is CCc1nnsc1C(=O)Nc1ccc(N)cn1. The molecule has 0 aliphatic rings. The van der Waals surface area contributed by atoms with E-state index in [0.717, 1.165) is 11.5 Å². The van der Waals surface area contributed by atoms with Crippen molar-refractivity contribution < 1.29 is 4.79 Å². The van der Waals surface area contributed by atoms with Crippen molar-refractivity contribution in [1.82, 2.24) is 14.6 Å². The Morgan fingerprint density at radius 2 is 2.35 bits per heavy atom. The fourth-order valence-electron chi connectivity index (χ4n) is 1.26. The normalized spacial score (nSPS) is 10.2. The van der Waals surface area contributed by atoms with Gasteiger partial charge < -0.3 is 11.1 Å². The van der Waals surface area contributed by atoms with Crippen molar-refractivity contribution in [1.29, 1.82) is 0 Å². The quantitative estimate of drug-likeness (QED) is 0.855. The molecule has 2 rings (SSSR count). The predicted molar refractivity (Wildman–Crippen MR) is 65.9 cm³/mol. The minimum atomic E-state index is -0.242. The van der Waals surface area contributed by atoms with Crippen LogP contribution in [0.15, 0.2) is 18.3 Å². The van der Waals surface area contributed by atoms with Crippen molar-refractivity contribution in [2.24, 2.45) is 0 Å². The van der Waals surface area contributed by atoms with Gasteiger partial charge in [-0.1, -0.05) is 11.4 Å². The van der Waals surface area contributed by atoms with Crippen LogP contribution < -0.4 is 11.1 Å². The third kappa shape index (κ3) is 2.56. The summed E-state index contributed by atoms with van der Waals surface area (Å²) < 4.78 is 3.76. The molecule has 0 fully saturated rings. The number of rotatable bonds is 3. The molecule has 0 aromatic carbocycles. The topological polar surface area (TPSA) is 93.8 Å². The number of nitrogens with one attached hydrogen (secondary N) is 1. The first-order chi connectivity index (χ1) is 8.20. The van der Waals surface area contributed by atoms with Crippen LogP contribution in [0.2, 0.25) is 0 Å². The zero-order chi connectivity index (χ0) is 12.3. The molecule has 0 bridgehead atoms. The Morgan fingerprint density at radius 3 is 3.00 bits per heavy atom. The first-order valence-corrected chi connectivity index (χ1v) is 5.82. The number of aromatic nitrogens is 3. The standard InChI is InChI=1S/C10H11N5OS/c1-2-7-9(17-15-14-7)10(16)13-8-4-3-6(11)5-12-8/h3-5H,2,11H2,1H3,(H,12,13,16). The molecular formula is C10H11N5OS. The van der Waals surface area contributed by atoms with Crippen LogP contribution in [0.25, 0.3) is 0 Å². The van der Waals surface area contributed by atoms with Crippen LogP contribution in [0, 0.1) is 0 Å². The van der Waals surface area contributed by atoms with Crippen molar-refractivity contribution >= 4 is 28.9 Å². The Kier molecular flexibility index (Phi) is 3.29. The highest BCUT2D eigenvalue weighted by Crippen LogP contribution is 2.14. The average molecular weight is 249 g/mol. The molecule has 0 aliphatic carbocycles. The summed E-state index contributed by atoms with van der Waals surface area (Å²) in [5.74, 6) is 0.216. The van der Waals surface area contributed by atoms with Gasteiger partial charge in [-0.15, -0.1) is 5.10 Å². The van der Waals surface area contributed by atoms with E-state index in [9.17, 15) is 4.79 Å². The van der Waals surface area contributed by atoms with E-state index in [1.54, 1.807) is 12.1 Å². The molecule has 1 amide bonds. The van der Waals surface area contributed by atoms with Crippen molar-refractivity contribution in [3.63, 3.8) is 0 Å². The van der Waals surface area contributed by atoms with Crippen LogP contribution in [0.4, 0.5) is 11.5 Å². The molecule has 2 aromatic heterocycles. The molecule has 17 heavy (non-hydrogen) atoms. The van der Waals surface area contributed by atoms with Crippen molar-refractivity contribution in [2.75, 3.05) is 11.1 Å². The summed E-state index contributed by atoms with van der Waals surface area (Å²) >= 11 is 1.08. The van der Waals surface area contributed by atoms with Gasteiger partial charge in [0.1, 0.15) is 10.7 Å². The fraction of sp³-hybridized carbons (Fsp3) is 0.200. The van der Waals surface area contributed by atoms with Crippen molar-refractivity contribution in [3.05, 3.63) is 28.9 Å². The number of pyridine rings is 1. The number of aryl methyl sites for hydroxylation is 1. The van der Waals surface area contributed by atoms with Gasteiger partial charge in [-0.25, -0.2) is 4.98 Å². The van der Waals surface area contributed by atoms with Gasteiger partial charge in [0.2, 0.25) is 0 Å². The highest BCUT2D eigenvalue weighted by atomic mass is 32.1.